The van der Waals surface area contributed by atoms with Crippen molar-refractivity contribution in [3.63, 3.8) is 0 Å². The van der Waals surface area contributed by atoms with Gasteiger partial charge in [-0.2, -0.15) is 18.3 Å². The summed E-state index contributed by atoms with van der Waals surface area (Å²) in [6.07, 6.45) is 2.46. The second kappa shape index (κ2) is 9.09. The molecular formula is C24H24F3N4O2. The molecule has 0 amide bonds. The summed E-state index contributed by atoms with van der Waals surface area (Å²) in [5.41, 5.74) is 3.57. The fraction of sp³-hybridized carbons (Fsp3) is 0.250. The molecule has 0 fully saturated rings. The molecule has 4 rings (SSSR count). The van der Waals surface area contributed by atoms with Crippen LogP contribution in [0, 0.1) is 6.92 Å². The third-order valence-electron chi connectivity index (χ3n) is 5.25. The Balaban J connectivity index is 1.47. The van der Waals surface area contributed by atoms with Gasteiger partial charge in [0.05, 0.1) is 32.1 Å². The lowest BCUT2D eigenvalue weighted by Gasteiger charge is -2.23. The second-order valence-corrected chi connectivity index (χ2v) is 7.78. The van der Waals surface area contributed by atoms with Gasteiger partial charge in [0, 0.05) is 37.4 Å². The smallest absolute Gasteiger partial charge is 0.393 e. The number of ether oxygens (including phenoxy) is 2. The fourth-order valence-corrected chi connectivity index (χ4v) is 3.58. The number of aromatic nitrogens is 2. The Bertz CT molecular complexity index is 1140. The molecule has 0 atom stereocenters. The van der Waals surface area contributed by atoms with Crippen LogP contribution in [0.5, 0.6) is 11.5 Å². The first-order valence-electron chi connectivity index (χ1n) is 10.2. The average molecular weight is 457 g/mol. The largest absolute Gasteiger partial charge is 0.493 e. The molecular weight excluding hydrogens is 433 g/mol. The van der Waals surface area contributed by atoms with Crippen molar-refractivity contribution in [1.29, 1.82) is 0 Å². The molecule has 0 N–H and O–H groups in total. The number of anilines is 2. The zero-order chi connectivity index (χ0) is 23.6. The van der Waals surface area contributed by atoms with Crippen molar-refractivity contribution in [2.24, 2.45) is 7.05 Å². The van der Waals surface area contributed by atoms with Gasteiger partial charge in [-0.1, -0.05) is 24.3 Å². The zero-order valence-electron chi connectivity index (χ0n) is 18.3. The minimum absolute atomic E-state index is 0.191. The van der Waals surface area contributed by atoms with Crippen molar-refractivity contribution in [3.05, 3.63) is 84.8 Å². The van der Waals surface area contributed by atoms with Crippen molar-refractivity contribution in [2.75, 3.05) is 23.6 Å². The highest BCUT2D eigenvalue weighted by molar-refractivity contribution is 5.67. The molecule has 6 nitrogen and oxygen atoms in total. The summed E-state index contributed by atoms with van der Waals surface area (Å²) < 4.78 is 50.8. The third-order valence-corrected chi connectivity index (χ3v) is 5.25. The normalized spacial score (nSPS) is 13.6. The summed E-state index contributed by atoms with van der Waals surface area (Å²) in [4.78, 5) is 4.09. The van der Waals surface area contributed by atoms with Crippen LogP contribution < -0.4 is 19.3 Å². The lowest BCUT2D eigenvalue weighted by molar-refractivity contribution is -0.127. The number of rotatable bonds is 7. The molecule has 2 aromatic carbocycles. The average Bonchev–Trinajstić information content (AvgIpc) is 3.41. The van der Waals surface area contributed by atoms with Gasteiger partial charge in [0.2, 0.25) is 0 Å². The van der Waals surface area contributed by atoms with Crippen LogP contribution in [0.1, 0.15) is 16.7 Å². The van der Waals surface area contributed by atoms with Gasteiger partial charge >= 0.3 is 6.18 Å². The van der Waals surface area contributed by atoms with Crippen LogP contribution in [-0.2, 0) is 20.1 Å². The number of methoxy groups -OCH3 is 1. The molecule has 0 saturated carbocycles. The van der Waals surface area contributed by atoms with Gasteiger partial charge in [-0.15, -0.1) is 0 Å². The standard InChI is InChI=1S/C24H24F3N4O2/c1-17-10-22(32-3)23(33-15-19-6-4-18(5-7-19)12-24(25,26)27)11-21(17)31-9-8-30(16-31)20-13-28-29(2)14-20/h4-11,13-14H,1,12,15-16H2,2-3H3. The van der Waals surface area contributed by atoms with E-state index in [4.69, 9.17) is 9.47 Å². The predicted octanol–water partition coefficient (Wildman–Crippen LogP) is 5.05. The maximum absolute atomic E-state index is 12.6. The third kappa shape index (κ3) is 5.42. The van der Waals surface area contributed by atoms with E-state index in [9.17, 15) is 13.2 Å². The molecule has 9 heteroatoms. The van der Waals surface area contributed by atoms with Crippen LogP contribution in [0.2, 0.25) is 0 Å². The monoisotopic (exact) mass is 457 g/mol. The molecule has 2 heterocycles. The number of alkyl halides is 3. The van der Waals surface area contributed by atoms with Crippen LogP contribution >= 0.6 is 0 Å². The quantitative estimate of drug-likeness (QED) is 0.497. The Labute approximate surface area is 190 Å². The lowest BCUT2D eigenvalue weighted by Crippen LogP contribution is -2.25. The highest BCUT2D eigenvalue weighted by atomic mass is 19.4. The van der Waals surface area contributed by atoms with Crippen LogP contribution in [0.3, 0.4) is 0 Å². The molecule has 0 spiro atoms. The Hall–Kier alpha value is -3.62. The van der Waals surface area contributed by atoms with Gasteiger partial charge in [0.15, 0.2) is 11.5 Å². The predicted molar refractivity (Wildman–Crippen MR) is 120 cm³/mol. The van der Waals surface area contributed by atoms with Crippen LogP contribution in [0.4, 0.5) is 24.5 Å². The van der Waals surface area contributed by atoms with E-state index in [0.717, 1.165) is 22.5 Å². The zero-order valence-corrected chi connectivity index (χ0v) is 18.3. The van der Waals surface area contributed by atoms with Gasteiger partial charge in [-0.05, 0) is 29.7 Å². The fourth-order valence-electron chi connectivity index (χ4n) is 3.58. The second-order valence-electron chi connectivity index (χ2n) is 7.78. The maximum atomic E-state index is 12.6. The number of benzene rings is 2. The summed E-state index contributed by atoms with van der Waals surface area (Å²) in [6, 6.07) is 9.87. The molecule has 3 aromatic rings. The molecule has 1 aliphatic rings. The van der Waals surface area contributed by atoms with E-state index in [0.29, 0.717) is 18.2 Å². The molecule has 1 radical (unpaired) electrons. The minimum Gasteiger partial charge on any atom is -0.493 e. The maximum Gasteiger partial charge on any atom is 0.393 e. The molecule has 0 aliphatic carbocycles. The molecule has 0 bridgehead atoms. The van der Waals surface area contributed by atoms with E-state index in [-0.39, 0.29) is 12.2 Å². The van der Waals surface area contributed by atoms with Gasteiger partial charge in [-0.3, -0.25) is 4.68 Å². The molecule has 0 unspecified atom stereocenters. The topological polar surface area (TPSA) is 42.8 Å². The van der Waals surface area contributed by atoms with Crippen LogP contribution in [0.15, 0.2) is 61.2 Å². The Morgan fingerprint density at radius 2 is 1.73 bits per heavy atom. The first kappa shape index (κ1) is 22.6. The summed E-state index contributed by atoms with van der Waals surface area (Å²) in [5.74, 6) is 1.05. The Morgan fingerprint density at radius 1 is 1.03 bits per heavy atom. The minimum atomic E-state index is -4.23. The number of halogens is 3. The van der Waals surface area contributed by atoms with E-state index < -0.39 is 12.6 Å². The summed E-state index contributed by atoms with van der Waals surface area (Å²) in [7, 11) is 3.42. The van der Waals surface area contributed by atoms with Gasteiger partial charge < -0.3 is 19.3 Å². The summed E-state index contributed by atoms with van der Waals surface area (Å²) >= 11 is 0. The summed E-state index contributed by atoms with van der Waals surface area (Å²) in [6.45, 7) is 4.91. The van der Waals surface area contributed by atoms with Gasteiger partial charge in [0.1, 0.15) is 6.61 Å². The Morgan fingerprint density at radius 3 is 2.36 bits per heavy atom. The first-order valence-corrected chi connectivity index (χ1v) is 10.2. The SMILES string of the molecule is [CH2]c1cc(OC)c(OCc2ccc(CC(F)(F)F)cc2)cc1N1C=CN(c2cnn(C)c2)C1. The van der Waals surface area contributed by atoms with Gasteiger partial charge in [0.25, 0.3) is 0 Å². The van der Waals surface area contributed by atoms with Crippen molar-refractivity contribution in [2.45, 2.75) is 19.2 Å². The molecule has 173 valence electrons. The lowest BCUT2D eigenvalue weighted by atomic mass is 10.1. The summed E-state index contributed by atoms with van der Waals surface area (Å²) in [5, 5.41) is 4.21. The molecule has 1 aromatic heterocycles. The van der Waals surface area contributed by atoms with Crippen molar-refractivity contribution >= 4 is 11.4 Å². The number of hydrogen-bond donors (Lipinski definition) is 0. The molecule has 1 aliphatic heterocycles. The molecule has 33 heavy (non-hydrogen) atoms. The Kier molecular flexibility index (Phi) is 6.22. The van der Waals surface area contributed by atoms with E-state index in [1.807, 2.05) is 36.6 Å². The van der Waals surface area contributed by atoms with E-state index in [2.05, 4.69) is 16.9 Å². The van der Waals surface area contributed by atoms with E-state index in [1.165, 1.54) is 12.1 Å². The highest BCUT2D eigenvalue weighted by Gasteiger charge is 2.27. The van der Waals surface area contributed by atoms with Gasteiger partial charge in [-0.25, -0.2) is 0 Å². The number of hydrogen-bond acceptors (Lipinski definition) is 5. The van der Waals surface area contributed by atoms with Crippen LogP contribution in [-0.4, -0.2) is 29.7 Å². The van der Waals surface area contributed by atoms with Crippen molar-refractivity contribution in [3.8, 4) is 11.5 Å². The number of aryl methyl sites for hydroxylation is 1. The first-order chi connectivity index (χ1) is 15.7. The van der Waals surface area contributed by atoms with Crippen molar-refractivity contribution < 1.29 is 22.6 Å². The van der Waals surface area contributed by atoms with E-state index >= 15 is 0 Å². The van der Waals surface area contributed by atoms with Crippen LogP contribution in [0.25, 0.3) is 0 Å². The molecule has 0 saturated heterocycles. The number of nitrogens with zero attached hydrogens (tertiary/aromatic N) is 4. The highest BCUT2D eigenvalue weighted by Crippen LogP contribution is 2.37. The van der Waals surface area contributed by atoms with Crippen molar-refractivity contribution in [1.82, 2.24) is 9.78 Å². The van der Waals surface area contributed by atoms with E-state index in [1.54, 1.807) is 36.2 Å².